The third kappa shape index (κ3) is 3.39. The van der Waals surface area contributed by atoms with Crippen molar-refractivity contribution in [1.29, 1.82) is 0 Å². The van der Waals surface area contributed by atoms with Crippen LogP contribution in [0.5, 0.6) is 0 Å². The van der Waals surface area contributed by atoms with Gasteiger partial charge in [0.15, 0.2) is 17.7 Å². The minimum absolute atomic E-state index is 0.0203. The van der Waals surface area contributed by atoms with Gasteiger partial charge in [-0.1, -0.05) is 12.1 Å². The number of ketones is 1. The van der Waals surface area contributed by atoms with Crippen molar-refractivity contribution in [3.63, 3.8) is 0 Å². The topological polar surface area (TPSA) is 50.1 Å². The fraction of sp³-hybridized carbons (Fsp3) is 0.278. The SMILES string of the molecule is CC(=O)c1cccc(NC(=O)[C@@H](C)[n+]2cccc(C)c2C)c1. The number of hydrogen-bond donors (Lipinski definition) is 1. The summed E-state index contributed by atoms with van der Waals surface area (Å²) >= 11 is 0. The molecule has 4 heteroatoms. The molecular formula is C18H21N2O2+. The van der Waals surface area contributed by atoms with Crippen LogP contribution in [0, 0.1) is 13.8 Å². The van der Waals surface area contributed by atoms with Crippen molar-refractivity contribution in [1.82, 2.24) is 0 Å². The van der Waals surface area contributed by atoms with Crippen LogP contribution in [0.15, 0.2) is 42.6 Å². The van der Waals surface area contributed by atoms with Crippen LogP contribution in [0.3, 0.4) is 0 Å². The van der Waals surface area contributed by atoms with E-state index in [-0.39, 0.29) is 17.7 Å². The second kappa shape index (κ2) is 6.52. The number of hydrogen-bond acceptors (Lipinski definition) is 2. The summed E-state index contributed by atoms with van der Waals surface area (Å²) in [7, 11) is 0. The van der Waals surface area contributed by atoms with Gasteiger partial charge in [0, 0.05) is 36.7 Å². The number of pyridine rings is 1. The molecule has 0 aliphatic heterocycles. The average molecular weight is 297 g/mol. The molecule has 0 aliphatic carbocycles. The van der Waals surface area contributed by atoms with E-state index in [2.05, 4.69) is 5.32 Å². The summed E-state index contributed by atoms with van der Waals surface area (Å²) in [5.41, 5.74) is 3.42. The maximum Gasteiger partial charge on any atom is 0.293 e. The molecule has 1 amide bonds. The zero-order valence-electron chi connectivity index (χ0n) is 13.4. The van der Waals surface area contributed by atoms with E-state index in [1.165, 1.54) is 6.92 Å². The zero-order chi connectivity index (χ0) is 16.3. The number of amides is 1. The minimum Gasteiger partial charge on any atom is -0.320 e. The second-order valence-electron chi connectivity index (χ2n) is 5.49. The summed E-state index contributed by atoms with van der Waals surface area (Å²) in [6.07, 6.45) is 1.90. The van der Waals surface area contributed by atoms with Gasteiger partial charge < -0.3 is 5.32 Å². The Bertz CT molecular complexity index is 723. The van der Waals surface area contributed by atoms with E-state index >= 15 is 0 Å². The van der Waals surface area contributed by atoms with E-state index in [0.29, 0.717) is 11.3 Å². The Morgan fingerprint density at radius 1 is 1.14 bits per heavy atom. The molecule has 0 bridgehead atoms. The number of carbonyl (C=O) groups excluding carboxylic acids is 2. The molecule has 1 N–H and O–H groups in total. The van der Waals surface area contributed by atoms with Crippen LogP contribution in [-0.4, -0.2) is 11.7 Å². The molecule has 0 saturated heterocycles. The van der Waals surface area contributed by atoms with Gasteiger partial charge in [0.1, 0.15) is 0 Å². The highest BCUT2D eigenvalue weighted by Gasteiger charge is 2.24. The van der Waals surface area contributed by atoms with Crippen LogP contribution in [-0.2, 0) is 4.79 Å². The summed E-state index contributed by atoms with van der Waals surface area (Å²) in [6, 6.07) is 10.6. The maximum atomic E-state index is 12.4. The number of aryl methyl sites for hydroxylation is 1. The third-order valence-corrected chi connectivity index (χ3v) is 3.88. The molecule has 1 aromatic heterocycles. The predicted octanol–water partition coefficient (Wildman–Crippen LogP) is 2.99. The van der Waals surface area contributed by atoms with Crippen LogP contribution in [0.4, 0.5) is 5.69 Å². The third-order valence-electron chi connectivity index (χ3n) is 3.88. The molecule has 0 unspecified atom stereocenters. The Morgan fingerprint density at radius 3 is 2.55 bits per heavy atom. The summed E-state index contributed by atoms with van der Waals surface area (Å²) < 4.78 is 1.94. The lowest BCUT2D eigenvalue weighted by Crippen LogP contribution is -2.47. The van der Waals surface area contributed by atoms with Crippen molar-refractivity contribution in [2.24, 2.45) is 0 Å². The van der Waals surface area contributed by atoms with Gasteiger partial charge >= 0.3 is 0 Å². The summed E-state index contributed by atoms with van der Waals surface area (Å²) in [5, 5.41) is 2.87. The molecule has 114 valence electrons. The lowest BCUT2D eigenvalue weighted by molar-refractivity contribution is -0.711. The molecule has 22 heavy (non-hydrogen) atoms. The average Bonchev–Trinajstić information content (AvgIpc) is 2.49. The van der Waals surface area contributed by atoms with E-state index in [4.69, 9.17) is 0 Å². The van der Waals surface area contributed by atoms with Gasteiger partial charge in [-0.25, -0.2) is 0 Å². The van der Waals surface area contributed by atoms with Crippen molar-refractivity contribution in [3.05, 3.63) is 59.4 Å². The molecule has 4 nitrogen and oxygen atoms in total. The lowest BCUT2D eigenvalue weighted by atomic mass is 10.1. The summed E-state index contributed by atoms with van der Waals surface area (Å²) in [5.74, 6) is -0.132. The van der Waals surface area contributed by atoms with Crippen molar-refractivity contribution >= 4 is 17.4 Å². The van der Waals surface area contributed by atoms with E-state index in [0.717, 1.165) is 11.3 Å². The quantitative estimate of drug-likeness (QED) is 0.696. The largest absolute Gasteiger partial charge is 0.320 e. The Labute approximate surface area is 130 Å². The smallest absolute Gasteiger partial charge is 0.293 e. The van der Waals surface area contributed by atoms with E-state index in [1.807, 2.05) is 43.7 Å². The van der Waals surface area contributed by atoms with Gasteiger partial charge in [0.25, 0.3) is 5.91 Å². The van der Waals surface area contributed by atoms with Crippen LogP contribution < -0.4 is 9.88 Å². The number of nitrogens with one attached hydrogen (secondary N) is 1. The van der Waals surface area contributed by atoms with E-state index in [9.17, 15) is 9.59 Å². The highest BCUT2D eigenvalue weighted by atomic mass is 16.2. The van der Waals surface area contributed by atoms with Crippen LogP contribution in [0.25, 0.3) is 0 Å². The van der Waals surface area contributed by atoms with Crippen molar-refractivity contribution in [3.8, 4) is 0 Å². The molecular weight excluding hydrogens is 276 g/mol. The number of nitrogens with zero attached hydrogens (tertiary/aromatic N) is 1. The van der Waals surface area contributed by atoms with Crippen molar-refractivity contribution in [2.45, 2.75) is 33.7 Å². The molecule has 0 aliphatic rings. The molecule has 0 saturated carbocycles. The monoisotopic (exact) mass is 297 g/mol. The first kappa shape index (κ1) is 15.9. The molecule has 1 heterocycles. The Balaban J connectivity index is 2.20. The number of rotatable bonds is 4. The van der Waals surface area contributed by atoms with E-state index < -0.39 is 0 Å². The lowest BCUT2D eigenvalue weighted by Gasteiger charge is -2.11. The molecule has 1 aromatic carbocycles. The molecule has 0 spiro atoms. The van der Waals surface area contributed by atoms with Gasteiger partial charge in [0.05, 0.1) is 0 Å². The molecule has 1 atom stereocenters. The Morgan fingerprint density at radius 2 is 1.86 bits per heavy atom. The molecule has 0 fully saturated rings. The predicted molar refractivity (Wildman–Crippen MR) is 85.9 cm³/mol. The first-order valence-electron chi connectivity index (χ1n) is 7.29. The number of anilines is 1. The first-order chi connectivity index (χ1) is 10.4. The van der Waals surface area contributed by atoms with Gasteiger partial charge in [-0.15, -0.1) is 0 Å². The minimum atomic E-state index is -0.333. The van der Waals surface area contributed by atoms with Gasteiger partial charge in [-0.2, -0.15) is 4.57 Å². The summed E-state index contributed by atoms with van der Waals surface area (Å²) in [4.78, 5) is 23.8. The summed E-state index contributed by atoms with van der Waals surface area (Å²) in [6.45, 7) is 7.38. The van der Waals surface area contributed by atoms with Crippen molar-refractivity contribution in [2.75, 3.05) is 5.32 Å². The highest BCUT2D eigenvalue weighted by molar-refractivity contribution is 5.97. The van der Waals surface area contributed by atoms with Crippen LogP contribution in [0.2, 0.25) is 0 Å². The van der Waals surface area contributed by atoms with E-state index in [1.54, 1.807) is 24.3 Å². The number of benzene rings is 1. The second-order valence-corrected chi connectivity index (χ2v) is 5.49. The number of aromatic nitrogens is 1. The van der Waals surface area contributed by atoms with Crippen LogP contribution >= 0.6 is 0 Å². The highest BCUT2D eigenvalue weighted by Crippen LogP contribution is 2.13. The molecule has 2 rings (SSSR count). The van der Waals surface area contributed by atoms with Gasteiger partial charge in [-0.05, 0) is 32.0 Å². The standard InChI is InChI=1S/C18H20N2O2/c1-12-7-6-10-20(13(12)2)14(3)18(22)19-17-9-5-8-16(11-17)15(4)21/h5-11,14H,1-4H3/p+1/t14-/m1/s1. The van der Waals surface area contributed by atoms with Crippen molar-refractivity contribution < 1.29 is 14.2 Å². The van der Waals surface area contributed by atoms with Gasteiger partial charge in [-0.3, -0.25) is 9.59 Å². The van der Waals surface area contributed by atoms with Crippen LogP contribution in [0.1, 0.15) is 41.5 Å². The first-order valence-corrected chi connectivity index (χ1v) is 7.29. The molecule has 2 aromatic rings. The van der Waals surface area contributed by atoms with Gasteiger partial charge in [0.2, 0.25) is 6.04 Å². The fourth-order valence-electron chi connectivity index (χ4n) is 2.32. The Kier molecular flexibility index (Phi) is 4.71. The maximum absolute atomic E-state index is 12.4. The zero-order valence-corrected chi connectivity index (χ0v) is 13.4. The number of Topliss-reactive ketones (excluding diaryl/α,β-unsaturated/α-hetero) is 1. The fourth-order valence-corrected chi connectivity index (χ4v) is 2.32. The number of carbonyl (C=O) groups is 2. The molecule has 0 radical (unpaired) electrons. The normalized spacial score (nSPS) is 11.8. The Hall–Kier alpha value is -2.49.